The summed E-state index contributed by atoms with van der Waals surface area (Å²) in [4.78, 5) is 0. The molecule has 1 aliphatic carbocycles. The van der Waals surface area contributed by atoms with Crippen LogP contribution in [-0.2, 0) is 5.41 Å². The summed E-state index contributed by atoms with van der Waals surface area (Å²) in [6.07, 6.45) is 7.69. The van der Waals surface area contributed by atoms with E-state index < -0.39 is 0 Å². The van der Waals surface area contributed by atoms with Crippen molar-refractivity contribution in [1.29, 1.82) is 0 Å². The topological polar surface area (TPSA) is 26.0 Å². The van der Waals surface area contributed by atoms with E-state index in [9.17, 15) is 0 Å². The van der Waals surface area contributed by atoms with Gasteiger partial charge < -0.3 is 5.73 Å². The van der Waals surface area contributed by atoms with Crippen molar-refractivity contribution in [3.05, 3.63) is 35.9 Å². The normalized spacial score (nSPS) is 21.7. The van der Waals surface area contributed by atoms with Gasteiger partial charge in [0.15, 0.2) is 0 Å². The predicted octanol–water partition coefficient (Wildman–Crippen LogP) is 4.26. The second kappa shape index (κ2) is 5.88. The fourth-order valence-electron chi connectivity index (χ4n) is 3.77. The second-order valence-corrected chi connectivity index (χ2v) is 6.02. The van der Waals surface area contributed by atoms with Crippen LogP contribution >= 0.6 is 0 Å². The minimum Gasteiger partial charge on any atom is -0.327 e. The van der Waals surface area contributed by atoms with Crippen molar-refractivity contribution in [3.63, 3.8) is 0 Å². The lowest BCUT2D eigenvalue weighted by molar-refractivity contribution is 0.263. The van der Waals surface area contributed by atoms with Crippen molar-refractivity contribution in [2.75, 3.05) is 0 Å². The first kappa shape index (κ1) is 13.6. The summed E-state index contributed by atoms with van der Waals surface area (Å²) >= 11 is 0. The molecule has 1 heteroatoms. The Morgan fingerprint density at radius 3 is 2.33 bits per heavy atom. The Kier molecular flexibility index (Phi) is 4.45. The maximum Gasteiger partial charge on any atom is 0.0162 e. The van der Waals surface area contributed by atoms with E-state index in [1.54, 1.807) is 0 Å². The summed E-state index contributed by atoms with van der Waals surface area (Å²) in [5.41, 5.74) is 8.39. The van der Waals surface area contributed by atoms with Crippen LogP contribution in [0, 0.1) is 5.92 Å². The summed E-state index contributed by atoms with van der Waals surface area (Å²) in [5, 5.41) is 0. The lowest BCUT2D eigenvalue weighted by atomic mass is 9.68. The lowest BCUT2D eigenvalue weighted by Gasteiger charge is -2.39. The molecule has 1 aliphatic rings. The number of rotatable bonds is 5. The first-order valence-corrected chi connectivity index (χ1v) is 7.52. The summed E-state index contributed by atoms with van der Waals surface area (Å²) in [7, 11) is 0. The second-order valence-electron chi connectivity index (χ2n) is 6.02. The number of benzene rings is 1. The average molecular weight is 245 g/mol. The monoisotopic (exact) mass is 245 g/mol. The summed E-state index contributed by atoms with van der Waals surface area (Å²) in [5.74, 6) is 0.619. The highest BCUT2D eigenvalue weighted by Crippen LogP contribution is 2.45. The number of hydrogen-bond acceptors (Lipinski definition) is 1. The van der Waals surface area contributed by atoms with Gasteiger partial charge >= 0.3 is 0 Å². The Labute approximate surface area is 112 Å². The van der Waals surface area contributed by atoms with Gasteiger partial charge in [0.05, 0.1) is 0 Å². The molecular weight excluding hydrogens is 218 g/mol. The molecule has 2 atom stereocenters. The molecule has 0 heterocycles. The van der Waals surface area contributed by atoms with Gasteiger partial charge in [-0.25, -0.2) is 0 Å². The molecular formula is C17H27N. The fraction of sp³-hybridized carbons (Fsp3) is 0.647. The van der Waals surface area contributed by atoms with Crippen molar-refractivity contribution >= 4 is 0 Å². The molecule has 1 nitrogen and oxygen atoms in total. The van der Waals surface area contributed by atoms with E-state index in [1.807, 2.05) is 0 Å². The van der Waals surface area contributed by atoms with Crippen LogP contribution < -0.4 is 5.73 Å². The molecule has 100 valence electrons. The highest BCUT2D eigenvalue weighted by Gasteiger charge is 2.42. The third kappa shape index (κ3) is 2.47. The zero-order valence-corrected chi connectivity index (χ0v) is 11.9. The SMILES string of the molecule is CCCC(C)C(N)C1(c2ccccc2)CCCC1. The fourth-order valence-corrected chi connectivity index (χ4v) is 3.77. The van der Waals surface area contributed by atoms with Gasteiger partial charge in [-0.1, -0.05) is 63.4 Å². The summed E-state index contributed by atoms with van der Waals surface area (Å²) in [6.45, 7) is 4.59. The van der Waals surface area contributed by atoms with Crippen molar-refractivity contribution in [2.45, 2.75) is 63.8 Å². The van der Waals surface area contributed by atoms with Crippen LogP contribution in [-0.4, -0.2) is 6.04 Å². The highest BCUT2D eigenvalue weighted by molar-refractivity contribution is 5.29. The lowest BCUT2D eigenvalue weighted by Crippen LogP contribution is -2.47. The van der Waals surface area contributed by atoms with E-state index in [0.717, 1.165) is 0 Å². The van der Waals surface area contributed by atoms with Crippen molar-refractivity contribution in [3.8, 4) is 0 Å². The van der Waals surface area contributed by atoms with Crippen molar-refractivity contribution in [2.24, 2.45) is 11.7 Å². The minimum absolute atomic E-state index is 0.246. The average Bonchev–Trinajstić information content (AvgIpc) is 2.90. The van der Waals surface area contributed by atoms with Gasteiger partial charge in [0.2, 0.25) is 0 Å². The zero-order chi connectivity index (χ0) is 13.0. The van der Waals surface area contributed by atoms with Crippen LogP contribution in [0.2, 0.25) is 0 Å². The van der Waals surface area contributed by atoms with Gasteiger partial charge in [-0.15, -0.1) is 0 Å². The summed E-state index contributed by atoms with van der Waals surface area (Å²) in [6, 6.07) is 11.3. The maximum absolute atomic E-state index is 6.68. The first-order chi connectivity index (χ1) is 8.70. The van der Waals surface area contributed by atoms with E-state index in [1.165, 1.54) is 44.1 Å². The van der Waals surface area contributed by atoms with Crippen LogP contribution in [0.4, 0.5) is 0 Å². The first-order valence-electron chi connectivity index (χ1n) is 7.52. The van der Waals surface area contributed by atoms with Gasteiger partial charge in [0.25, 0.3) is 0 Å². The van der Waals surface area contributed by atoms with Crippen molar-refractivity contribution < 1.29 is 0 Å². The van der Waals surface area contributed by atoms with E-state index in [0.29, 0.717) is 12.0 Å². The molecule has 0 amide bonds. The molecule has 1 fully saturated rings. The van der Waals surface area contributed by atoms with E-state index in [4.69, 9.17) is 5.73 Å². The number of nitrogens with two attached hydrogens (primary N) is 1. The Morgan fingerprint density at radius 2 is 1.78 bits per heavy atom. The smallest absolute Gasteiger partial charge is 0.0162 e. The van der Waals surface area contributed by atoms with Crippen molar-refractivity contribution in [1.82, 2.24) is 0 Å². The highest BCUT2D eigenvalue weighted by atomic mass is 14.7. The van der Waals surface area contributed by atoms with Crippen LogP contribution in [0.15, 0.2) is 30.3 Å². The molecule has 0 aromatic heterocycles. The van der Waals surface area contributed by atoms with Gasteiger partial charge in [-0.3, -0.25) is 0 Å². The molecule has 0 spiro atoms. The molecule has 0 saturated heterocycles. The predicted molar refractivity (Wildman–Crippen MR) is 78.6 cm³/mol. The Bertz CT molecular complexity index is 351. The number of hydrogen-bond donors (Lipinski definition) is 1. The van der Waals surface area contributed by atoms with Gasteiger partial charge in [-0.2, -0.15) is 0 Å². The molecule has 2 unspecified atom stereocenters. The van der Waals surface area contributed by atoms with Crippen LogP contribution in [0.3, 0.4) is 0 Å². The molecule has 2 N–H and O–H groups in total. The van der Waals surface area contributed by atoms with E-state index in [2.05, 4.69) is 44.2 Å². The molecule has 2 rings (SSSR count). The Balaban J connectivity index is 2.27. The Hall–Kier alpha value is -0.820. The molecule has 18 heavy (non-hydrogen) atoms. The van der Waals surface area contributed by atoms with Crippen LogP contribution in [0.1, 0.15) is 57.9 Å². The third-order valence-corrected chi connectivity index (χ3v) is 4.84. The molecule has 1 aromatic carbocycles. The minimum atomic E-state index is 0.246. The molecule has 1 aromatic rings. The molecule has 1 saturated carbocycles. The molecule has 0 radical (unpaired) electrons. The molecule has 0 aliphatic heterocycles. The quantitative estimate of drug-likeness (QED) is 0.824. The third-order valence-electron chi connectivity index (χ3n) is 4.84. The Morgan fingerprint density at radius 1 is 1.17 bits per heavy atom. The van der Waals surface area contributed by atoms with Gasteiger partial charge in [0.1, 0.15) is 0 Å². The summed E-state index contributed by atoms with van der Waals surface area (Å²) < 4.78 is 0. The molecule has 0 bridgehead atoms. The standard InChI is InChI=1S/C17H27N/c1-3-9-14(2)16(18)17(12-7-8-13-17)15-10-5-4-6-11-15/h4-6,10-11,14,16H,3,7-9,12-13,18H2,1-2H3. The van der Waals surface area contributed by atoms with Gasteiger partial charge in [-0.05, 0) is 30.7 Å². The van der Waals surface area contributed by atoms with E-state index >= 15 is 0 Å². The van der Waals surface area contributed by atoms with E-state index in [-0.39, 0.29) is 5.41 Å². The zero-order valence-electron chi connectivity index (χ0n) is 11.9. The largest absolute Gasteiger partial charge is 0.327 e. The maximum atomic E-state index is 6.68. The van der Waals surface area contributed by atoms with Crippen LogP contribution in [0.25, 0.3) is 0 Å². The van der Waals surface area contributed by atoms with Gasteiger partial charge in [0, 0.05) is 11.5 Å². The van der Waals surface area contributed by atoms with Crippen LogP contribution in [0.5, 0.6) is 0 Å².